The molecule has 0 radical (unpaired) electrons. The number of fused-ring (bicyclic) bond motifs is 1. The summed E-state index contributed by atoms with van der Waals surface area (Å²) in [6, 6.07) is 7.73. The number of hydrogen-bond donors (Lipinski definition) is 2. The predicted octanol–water partition coefficient (Wildman–Crippen LogP) is 4.97. The fourth-order valence-electron chi connectivity index (χ4n) is 5.58. The zero-order valence-electron chi connectivity index (χ0n) is 22.2. The number of carbonyl (C=O) groups is 1. The van der Waals surface area contributed by atoms with Gasteiger partial charge in [0.15, 0.2) is 0 Å². The van der Waals surface area contributed by atoms with Crippen LogP contribution in [0.5, 0.6) is 11.5 Å². The van der Waals surface area contributed by atoms with E-state index >= 15 is 0 Å². The first kappa shape index (κ1) is 26.7. The molecule has 1 amide bonds. The van der Waals surface area contributed by atoms with Crippen LogP contribution >= 0.6 is 0 Å². The summed E-state index contributed by atoms with van der Waals surface area (Å²) in [6.45, 7) is 7.86. The van der Waals surface area contributed by atoms with Crippen LogP contribution in [0.3, 0.4) is 0 Å². The molecule has 4 rings (SSSR count). The maximum atomic E-state index is 13.5. The number of nitrogens with one attached hydrogen (secondary N) is 2. The van der Waals surface area contributed by atoms with Crippen molar-refractivity contribution in [1.82, 2.24) is 15.6 Å². The molecule has 2 fully saturated rings. The van der Waals surface area contributed by atoms with Crippen molar-refractivity contribution in [2.24, 2.45) is 17.8 Å². The molecular weight excluding hydrogens is 454 g/mol. The monoisotopic (exact) mass is 497 g/mol. The maximum absolute atomic E-state index is 13.5. The minimum absolute atomic E-state index is 0.0819. The van der Waals surface area contributed by atoms with Gasteiger partial charge in [0.2, 0.25) is 0 Å². The number of rotatable bonds is 11. The number of amides is 1. The zero-order valence-corrected chi connectivity index (χ0v) is 22.2. The minimum atomic E-state index is -0.167. The van der Waals surface area contributed by atoms with Gasteiger partial charge in [-0.1, -0.05) is 39.2 Å². The lowest BCUT2D eigenvalue weighted by Crippen LogP contribution is -2.49. The molecule has 1 saturated heterocycles. The number of ether oxygens (including phenoxy) is 3. The fraction of sp³-hybridized carbons (Fsp3) is 0.655. The number of pyridine rings is 1. The lowest BCUT2D eigenvalue weighted by molar-refractivity contribution is 0.0890. The molecule has 2 atom stereocenters. The van der Waals surface area contributed by atoms with Crippen LogP contribution in [0.25, 0.3) is 10.9 Å². The maximum Gasteiger partial charge on any atom is 0.270 e. The third kappa shape index (κ3) is 6.88. The summed E-state index contributed by atoms with van der Waals surface area (Å²) < 4.78 is 17.5. The first-order valence-corrected chi connectivity index (χ1v) is 13.8. The van der Waals surface area contributed by atoms with Crippen molar-refractivity contribution in [2.45, 2.75) is 64.8 Å². The lowest BCUT2D eigenvalue weighted by atomic mass is 9.85. The molecule has 2 aromatic rings. The van der Waals surface area contributed by atoms with E-state index in [9.17, 15) is 4.79 Å². The van der Waals surface area contributed by atoms with E-state index in [0.717, 1.165) is 31.3 Å². The van der Waals surface area contributed by atoms with Gasteiger partial charge in [-0.15, -0.1) is 0 Å². The Morgan fingerprint density at radius 2 is 1.92 bits per heavy atom. The number of hydrogen-bond acceptors (Lipinski definition) is 6. The van der Waals surface area contributed by atoms with Gasteiger partial charge in [-0.3, -0.25) is 4.79 Å². The molecule has 7 heteroatoms. The van der Waals surface area contributed by atoms with Crippen LogP contribution in [-0.2, 0) is 4.74 Å². The fourth-order valence-corrected chi connectivity index (χ4v) is 5.58. The predicted molar refractivity (Wildman–Crippen MR) is 143 cm³/mol. The molecule has 1 saturated carbocycles. The quantitative estimate of drug-likeness (QED) is 0.427. The number of aromatic nitrogens is 1. The average molecular weight is 498 g/mol. The Morgan fingerprint density at radius 1 is 1.08 bits per heavy atom. The highest BCUT2D eigenvalue weighted by Crippen LogP contribution is 2.33. The van der Waals surface area contributed by atoms with Crippen LogP contribution in [0.1, 0.15) is 69.3 Å². The molecule has 2 heterocycles. The SMILES string of the molecule is COCCOc1cc(C(=O)N[C@H](C(C)C)C2CCCNC2)nc2c(OCC3CCCCC3)cccc12. The largest absolute Gasteiger partial charge is 0.491 e. The second kappa shape index (κ2) is 13.2. The van der Waals surface area contributed by atoms with Gasteiger partial charge in [0, 0.05) is 24.6 Å². The third-order valence-electron chi connectivity index (χ3n) is 7.60. The van der Waals surface area contributed by atoms with Gasteiger partial charge >= 0.3 is 0 Å². The van der Waals surface area contributed by atoms with E-state index in [4.69, 9.17) is 19.2 Å². The summed E-state index contributed by atoms with van der Waals surface area (Å²) in [7, 11) is 1.65. The van der Waals surface area contributed by atoms with Gasteiger partial charge in [0.25, 0.3) is 5.91 Å². The van der Waals surface area contributed by atoms with E-state index in [1.165, 1.54) is 32.1 Å². The van der Waals surface area contributed by atoms with Crippen LogP contribution in [0, 0.1) is 17.8 Å². The molecular formula is C29H43N3O4. The van der Waals surface area contributed by atoms with Gasteiger partial charge in [0.1, 0.15) is 29.3 Å². The van der Waals surface area contributed by atoms with Crippen molar-refractivity contribution < 1.29 is 19.0 Å². The summed E-state index contributed by atoms with van der Waals surface area (Å²) >= 11 is 0. The molecule has 0 bridgehead atoms. The van der Waals surface area contributed by atoms with Crippen LogP contribution in [0.15, 0.2) is 24.3 Å². The number of benzene rings is 1. The summed E-state index contributed by atoms with van der Waals surface area (Å²) in [4.78, 5) is 18.4. The summed E-state index contributed by atoms with van der Waals surface area (Å²) in [5.41, 5.74) is 1.03. The molecule has 2 N–H and O–H groups in total. The van der Waals surface area contributed by atoms with E-state index in [2.05, 4.69) is 24.5 Å². The molecule has 2 aliphatic rings. The first-order chi connectivity index (χ1) is 17.6. The summed E-state index contributed by atoms with van der Waals surface area (Å²) in [5.74, 6) is 2.49. The zero-order chi connectivity index (χ0) is 25.3. The van der Waals surface area contributed by atoms with Crippen molar-refractivity contribution >= 4 is 16.8 Å². The van der Waals surface area contributed by atoms with Crippen molar-refractivity contribution in [3.8, 4) is 11.5 Å². The Balaban J connectivity index is 1.60. The van der Waals surface area contributed by atoms with Crippen molar-refractivity contribution in [2.75, 3.05) is 40.0 Å². The average Bonchev–Trinajstić information content (AvgIpc) is 2.91. The highest BCUT2D eigenvalue weighted by molar-refractivity contribution is 5.98. The second-order valence-corrected chi connectivity index (χ2v) is 10.7. The minimum Gasteiger partial charge on any atom is -0.491 e. The van der Waals surface area contributed by atoms with Gasteiger partial charge in [-0.25, -0.2) is 4.98 Å². The number of methoxy groups -OCH3 is 1. The van der Waals surface area contributed by atoms with E-state index in [1.807, 2.05) is 18.2 Å². The molecule has 36 heavy (non-hydrogen) atoms. The number of piperidine rings is 1. The van der Waals surface area contributed by atoms with Crippen LogP contribution in [0.4, 0.5) is 0 Å². The van der Waals surface area contributed by atoms with Crippen molar-refractivity contribution in [1.29, 1.82) is 0 Å². The molecule has 1 unspecified atom stereocenters. The molecule has 7 nitrogen and oxygen atoms in total. The molecule has 1 aromatic carbocycles. The smallest absolute Gasteiger partial charge is 0.270 e. The van der Waals surface area contributed by atoms with Gasteiger partial charge in [-0.2, -0.15) is 0 Å². The Kier molecular flexibility index (Phi) is 9.82. The number of nitrogens with zero attached hydrogens (tertiary/aromatic N) is 1. The topological polar surface area (TPSA) is 81.7 Å². The molecule has 1 aliphatic carbocycles. The van der Waals surface area contributed by atoms with Crippen LogP contribution in [-0.4, -0.2) is 57.0 Å². The Hall–Kier alpha value is -2.38. The van der Waals surface area contributed by atoms with E-state index in [1.54, 1.807) is 13.2 Å². The molecule has 1 aromatic heterocycles. The highest BCUT2D eigenvalue weighted by atomic mass is 16.5. The molecule has 198 valence electrons. The Morgan fingerprint density at radius 3 is 2.64 bits per heavy atom. The van der Waals surface area contributed by atoms with Gasteiger partial charge in [0.05, 0.1) is 13.2 Å². The lowest BCUT2D eigenvalue weighted by Gasteiger charge is -2.34. The second-order valence-electron chi connectivity index (χ2n) is 10.7. The van der Waals surface area contributed by atoms with Gasteiger partial charge in [-0.05, 0) is 68.7 Å². The van der Waals surface area contributed by atoms with Crippen LogP contribution < -0.4 is 20.1 Å². The van der Waals surface area contributed by atoms with E-state index in [-0.39, 0.29) is 11.9 Å². The summed E-state index contributed by atoms with van der Waals surface area (Å²) in [6.07, 6.45) is 8.55. The first-order valence-electron chi connectivity index (χ1n) is 13.8. The van der Waals surface area contributed by atoms with E-state index < -0.39 is 0 Å². The molecule has 0 spiro atoms. The highest BCUT2D eigenvalue weighted by Gasteiger charge is 2.28. The Labute approximate surface area is 215 Å². The van der Waals surface area contributed by atoms with E-state index in [0.29, 0.717) is 60.3 Å². The van der Waals surface area contributed by atoms with Gasteiger partial charge < -0.3 is 24.8 Å². The number of para-hydroxylation sites is 1. The van der Waals surface area contributed by atoms with Crippen LogP contribution in [0.2, 0.25) is 0 Å². The number of carbonyl (C=O) groups excluding carboxylic acids is 1. The third-order valence-corrected chi connectivity index (χ3v) is 7.60. The molecule has 1 aliphatic heterocycles. The van der Waals surface area contributed by atoms with Crippen molar-refractivity contribution in [3.05, 3.63) is 30.0 Å². The summed E-state index contributed by atoms with van der Waals surface area (Å²) in [5, 5.41) is 7.63. The standard InChI is InChI=1S/C29H43N3O4/c1-20(2)27(22-11-8-14-30-18-22)32-29(33)24-17-26(35-16-15-34-3)23-12-7-13-25(28(23)31-24)36-19-21-9-5-4-6-10-21/h7,12-13,17,20-22,27,30H,4-6,8-11,14-16,18-19H2,1-3H3,(H,32,33)/t22?,27-/m1/s1. The van der Waals surface area contributed by atoms with Crippen molar-refractivity contribution in [3.63, 3.8) is 0 Å². The normalized spacial score (nSPS) is 19.8. The Bertz CT molecular complexity index is 984.